The highest BCUT2D eigenvalue weighted by Crippen LogP contribution is 2.42. The first kappa shape index (κ1) is 25.2. The second kappa shape index (κ2) is 11.2. The molecule has 0 spiro atoms. The molecule has 0 bridgehead atoms. The summed E-state index contributed by atoms with van der Waals surface area (Å²) in [4.78, 5) is 18.2. The molecule has 0 aliphatic heterocycles. The fourth-order valence-corrected chi connectivity index (χ4v) is 4.01. The molecule has 0 saturated heterocycles. The molecule has 0 unspecified atom stereocenters. The molecule has 0 amide bonds. The second-order valence-electron chi connectivity index (χ2n) is 8.18. The summed E-state index contributed by atoms with van der Waals surface area (Å²) >= 11 is 19.0. The molecule has 0 saturated carbocycles. The van der Waals surface area contributed by atoms with Gasteiger partial charge >= 0.3 is 0 Å². The molecule has 0 radical (unpaired) electrons. The average Bonchev–Trinajstić information content (AvgIpc) is 2.83. The zero-order chi connectivity index (χ0) is 24.9. The maximum atomic E-state index is 6.66. The summed E-state index contributed by atoms with van der Waals surface area (Å²) in [5.41, 5.74) is 2.81. The molecule has 4 aromatic rings. The first-order valence-electron chi connectivity index (χ1n) is 10.9. The number of hydrogen-bond donors (Lipinski definition) is 0. The number of aromatic nitrogens is 3. The van der Waals surface area contributed by atoms with E-state index in [4.69, 9.17) is 49.5 Å². The van der Waals surface area contributed by atoms with Crippen LogP contribution in [0.1, 0.15) is 0 Å². The molecule has 0 N–H and O–H groups in total. The maximum Gasteiger partial charge on any atom is 0.234 e. The van der Waals surface area contributed by atoms with Gasteiger partial charge in [-0.25, -0.2) is 9.97 Å². The van der Waals surface area contributed by atoms with E-state index in [1.165, 1.54) is 0 Å². The number of nitrogens with zero attached hydrogens (tertiary/aromatic N) is 5. The minimum atomic E-state index is 0.355. The molecule has 35 heavy (non-hydrogen) atoms. The summed E-state index contributed by atoms with van der Waals surface area (Å²) in [5.74, 6) is 1.27. The van der Waals surface area contributed by atoms with Crippen molar-refractivity contribution in [2.45, 2.75) is 0 Å². The standard InChI is InChI=1S/C26H24Cl3N5O/c1-33(2)14-15-34(3)26-31-24(20-12-11-19(28)16-21(20)29)23(17-7-9-18(27)10-8-17)25(32-26)35-22-6-4-5-13-30-22/h4-13,16H,14-15H2,1-3H3. The third-order valence-corrected chi connectivity index (χ3v) is 6.05. The first-order chi connectivity index (χ1) is 16.8. The lowest BCUT2D eigenvalue weighted by molar-refractivity contribution is 0.414. The number of halogens is 3. The maximum absolute atomic E-state index is 6.66. The Morgan fingerprint density at radius 3 is 2.23 bits per heavy atom. The van der Waals surface area contributed by atoms with Gasteiger partial charge in [0.2, 0.25) is 17.7 Å². The number of benzene rings is 2. The van der Waals surface area contributed by atoms with E-state index < -0.39 is 0 Å². The number of likely N-dealkylation sites (N-methyl/N-ethyl adjacent to an activating group) is 2. The van der Waals surface area contributed by atoms with Crippen LogP contribution in [0, 0.1) is 0 Å². The van der Waals surface area contributed by atoms with Crippen molar-refractivity contribution in [3.05, 3.63) is 81.9 Å². The highest BCUT2D eigenvalue weighted by molar-refractivity contribution is 6.36. The van der Waals surface area contributed by atoms with Crippen LogP contribution >= 0.6 is 34.8 Å². The summed E-state index contributed by atoms with van der Waals surface area (Å²) in [6, 6.07) is 18.2. The van der Waals surface area contributed by atoms with Crippen LogP contribution in [0.2, 0.25) is 15.1 Å². The summed E-state index contributed by atoms with van der Waals surface area (Å²) < 4.78 is 6.23. The molecule has 4 rings (SSSR count). The summed E-state index contributed by atoms with van der Waals surface area (Å²) in [7, 11) is 5.98. The molecule has 2 aromatic carbocycles. The van der Waals surface area contributed by atoms with Gasteiger partial charge in [0.1, 0.15) is 0 Å². The summed E-state index contributed by atoms with van der Waals surface area (Å²) in [6.45, 7) is 1.54. The Kier molecular flexibility index (Phi) is 8.08. The summed E-state index contributed by atoms with van der Waals surface area (Å²) in [5, 5.41) is 1.62. The van der Waals surface area contributed by atoms with Gasteiger partial charge in [-0.05, 0) is 56.1 Å². The van der Waals surface area contributed by atoms with Crippen molar-refractivity contribution in [3.8, 4) is 34.1 Å². The topological polar surface area (TPSA) is 54.4 Å². The van der Waals surface area contributed by atoms with Crippen molar-refractivity contribution >= 4 is 40.8 Å². The third kappa shape index (κ3) is 6.21. The fraction of sp³-hybridized carbons (Fsp3) is 0.192. The monoisotopic (exact) mass is 527 g/mol. The van der Waals surface area contributed by atoms with Crippen LogP contribution in [0.3, 0.4) is 0 Å². The molecule has 0 atom stereocenters. The molecule has 0 aliphatic carbocycles. The van der Waals surface area contributed by atoms with E-state index in [-0.39, 0.29) is 0 Å². The quantitative estimate of drug-likeness (QED) is 0.246. The fourth-order valence-electron chi connectivity index (χ4n) is 3.38. The lowest BCUT2D eigenvalue weighted by Gasteiger charge is -2.23. The van der Waals surface area contributed by atoms with E-state index in [0.717, 1.165) is 12.1 Å². The highest BCUT2D eigenvalue weighted by Gasteiger charge is 2.23. The van der Waals surface area contributed by atoms with Crippen LogP contribution in [0.25, 0.3) is 22.4 Å². The zero-order valence-electron chi connectivity index (χ0n) is 19.5. The molecular formula is C26H24Cl3N5O. The first-order valence-corrected chi connectivity index (χ1v) is 12.0. The highest BCUT2D eigenvalue weighted by atomic mass is 35.5. The van der Waals surface area contributed by atoms with E-state index in [2.05, 4.69) is 9.88 Å². The number of anilines is 1. The minimum absolute atomic E-state index is 0.355. The van der Waals surface area contributed by atoms with Crippen molar-refractivity contribution < 1.29 is 4.74 Å². The number of ether oxygens (including phenoxy) is 1. The van der Waals surface area contributed by atoms with Gasteiger partial charge in [-0.2, -0.15) is 4.98 Å². The molecule has 0 fully saturated rings. The normalized spacial score (nSPS) is 11.1. The van der Waals surface area contributed by atoms with Gasteiger partial charge in [0, 0.05) is 48.0 Å². The SMILES string of the molecule is CN(C)CCN(C)c1nc(Oc2ccccn2)c(-c2ccc(Cl)cc2)c(-c2ccc(Cl)cc2Cl)n1. The molecular weight excluding hydrogens is 505 g/mol. The van der Waals surface area contributed by atoms with Crippen LogP contribution in [0.15, 0.2) is 66.9 Å². The Balaban J connectivity index is 1.96. The average molecular weight is 529 g/mol. The van der Waals surface area contributed by atoms with Crippen LogP contribution in [-0.4, -0.2) is 54.1 Å². The molecule has 2 aromatic heterocycles. The van der Waals surface area contributed by atoms with Crippen molar-refractivity contribution in [2.75, 3.05) is 39.1 Å². The molecule has 0 aliphatic rings. The van der Waals surface area contributed by atoms with Gasteiger partial charge < -0.3 is 14.5 Å². The predicted octanol–water partition coefficient (Wildman–Crippen LogP) is 6.96. The third-order valence-electron chi connectivity index (χ3n) is 5.25. The van der Waals surface area contributed by atoms with Crippen LogP contribution in [0.4, 0.5) is 5.95 Å². The zero-order valence-corrected chi connectivity index (χ0v) is 21.8. The lowest BCUT2D eigenvalue weighted by atomic mass is 10.00. The van der Waals surface area contributed by atoms with Gasteiger partial charge in [-0.1, -0.05) is 53.0 Å². The molecule has 180 valence electrons. The van der Waals surface area contributed by atoms with Crippen molar-refractivity contribution in [1.82, 2.24) is 19.9 Å². The van der Waals surface area contributed by atoms with Gasteiger partial charge in [-0.15, -0.1) is 0 Å². The number of hydrogen-bond acceptors (Lipinski definition) is 6. The van der Waals surface area contributed by atoms with Gasteiger partial charge in [0.15, 0.2) is 0 Å². The van der Waals surface area contributed by atoms with E-state index in [1.54, 1.807) is 24.4 Å². The number of rotatable bonds is 8. The minimum Gasteiger partial charge on any atom is -0.420 e. The van der Waals surface area contributed by atoms with Crippen molar-refractivity contribution in [2.24, 2.45) is 0 Å². The van der Waals surface area contributed by atoms with Gasteiger partial charge in [0.05, 0.1) is 16.3 Å². The van der Waals surface area contributed by atoms with Gasteiger partial charge in [-0.3, -0.25) is 0 Å². The Labute approximate surface area is 220 Å². The smallest absolute Gasteiger partial charge is 0.234 e. The Morgan fingerprint density at radius 1 is 0.829 bits per heavy atom. The van der Waals surface area contributed by atoms with Crippen molar-refractivity contribution in [1.29, 1.82) is 0 Å². The Hall–Kier alpha value is -2.90. The van der Waals surface area contributed by atoms with Gasteiger partial charge in [0.25, 0.3) is 0 Å². The Bertz CT molecular complexity index is 1300. The number of pyridine rings is 1. The van der Waals surface area contributed by atoms with Crippen molar-refractivity contribution in [3.63, 3.8) is 0 Å². The Morgan fingerprint density at radius 2 is 1.57 bits per heavy atom. The molecule has 2 heterocycles. The van der Waals surface area contributed by atoms with Crippen LogP contribution in [-0.2, 0) is 0 Å². The van der Waals surface area contributed by atoms with E-state index in [0.29, 0.717) is 56.1 Å². The lowest BCUT2D eigenvalue weighted by Crippen LogP contribution is -2.29. The predicted molar refractivity (Wildman–Crippen MR) is 144 cm³/mol. The van der Waals surface area contributed by atoms with E-state index in [1.807, 2.05) is 68.5 Å². The largest absolute Gasteiger partial charge is 0.420 e. The van der Waals surface area contributed by atoms with E-state index in [9.17, 15) is 0 Å². The van der Waals surface area contributed by atoms with E-state index >= 15 is 0 Å². The van der Waals surface area contributed by atoms with Crippen LogP contribution < -0.4 is 9.64 Å². The van der Waals surface area contributed by atoms with Crippen LogP contribution in [0.5, 0.6) is 11.8 Å². The molecule has 6 nitrogen and oxygen atoms in total. The second-order valence-corrected chi connectivity index (χ2v) is 9.46. The molecule has 9 heteroatoms. The summed E-state index contributed by atoms with van der Waals surface area (Å²) in [6.07, 6.45) is 1.67.